The number of ether oxygens (including phenoxy) is 1. The van der Waals surface area contributed by atoms with Gasteiger partial charge in [0.05, 0.1) is 7.11 Å². The number of rotatable bonds is 1. The summed E-state index contributed by atoms with van der Waals surface area (Å²) in [6.07, 6.45) is -0.204. The first kappa shape index (κ1) is 10.3. The van der Waals surface area contributed by atoms with Gasteiger partial charge in [0.25, 0.3) is 0 Å². The third kappa shape index (κ3) is 1.61. The van der Waals surface area contributed by atoms with E-state index >= 15 is 0 Å². The van der Waals surface area contributed by atoms with Crippen molar-refractivity contribution < 1.29 is 14.6 Å². The Morgan fingerprint density at radius 2 is 2.08 bits per heavy atom. The normalized spacial score (nSPS) is 27.8. The molecule has 0 saturated heterocycles. The molecular weight excluding hydrogens is 168 g/mol. The molecule has 0 fully saturated rings. The van der Waals surface area contributed by atoms with Gasteiger partial charge in [0, 0.05) is 11.0 Å². The Bertz CT molecular complexity index is 263. The molecule has 1 aliphatic carbocycles. The van der Waals surface area contributed by atoms with Gasteiger partial charge in [0.15, 0.2) is 5.78 Å². The summed E-state index contributed by atoms with van der Waals surface area (Å²) in [5, 5.41) is 9.66. The lowest BCUT2D eigenvalue weighted by molar-refractivity contribution is -0.126. The third-order valence-electron chi connectivity index (χ3n) is 2.55. The molecule has 0 aliphatic heterocycles. The SMILES string of the molecule is COC1=C(C)C(=O)C(C)(C)CC1O. The zero-order chi connectivity index (χ0) is 10.2. The third-order valence-corrected chi connectivity index (χ3v) is 2.55. The zero-order valence-corrected chi connectivity index (χ0v) is 8.55. The average Bonchev–Trinajstić information content (AvgIpc) is 2.01. The minimum atomic E-state index is -0.641. The van der Waals surface area contributed by atoms with E-state index in [0.717, 1.165) is 0 Å². The Hall–Kier alpha value is -0.830. The molecule has 0 heterocycles. The Balaban J connectivity index is 3.11. The van der Waals surface area contributed by atoms with Gasteiger partial charge in [-0.1, -0.05) is 13.8 Å². The second-order valence-electron chi connectivity index (χ2n) is 4.13. The number of aliphatic hydroxyl groups is 1. The molecule has 1 atom stereocenters. The van der Waals surface area contributed by atoms with Gasteiger partial charge in [-0.2, -0.15) is 0 Å². The van der Waals surface area contributed by atoms with Gasteiger partial charge in [0.1, 0.15) is 11.9 Å². The molecule has 0 bridgehead atoms. The topological polar surface area (TPSA) is 46.5 Å². The summed E-state index contributed by atoms with van der Waals surface area (Å²) in [6.45, 7) is 5.38. The number of allylic oxidation sites excluding steroid dienone is 1. The van der Waals surface area contributed by atoms with Crippen LogP contribution in [0.1, 0.15) is 27.2 Å². The van der Waals surface area contributed by atoms with E-state index in [1.807, 2.05) is 13.8 Å². The highest BCUT2D eigenvalue weighted by molar-refractivity contribution is 6.00. The predicted molar refractivity (Wildman–Crippen MR) is 49.1 cm³/mol. The van der Waals surface area contributed by atoms with Gasteiger partial charge in [-0.3, -0.25) is 4.79 Å². The van der Waals surface area contributed by atoms with Crippen molar-refractivity contribution in [3.63, 3.8) is 0 Å². The van der Waals surface area contributed by atoms with E-state index in [1.165, 1.54) is 7.11 Å². The van der Waals surface area contributed by atoms with Crippen molar-refractivity contribution in [1.29, 1.82) is 0 Å². The van der Waals surface area contributed by atoms with Crippen LogP contribution in [-0.2, 0) is 9.53 Å². The van der Waals surface area contributed by atoms with Crippen molar-refractivity contribution in [2.45, 2.75) is 33.3 Å². The lowest BCUT2D eigenvalue weighted by atomic mass is 9.74. The van der Waals surface area contributed by atoms with E-state index in [0.29, 0.717) is 17.8 Å². The van der Waals surface area contributed by atoms with Crippen molar-refractivity contribution in [2.75, 3.05) is 7.11 Å². The number of carbonyl (C=O) groups excluding carboxylic acids is 1. The fraction of sp³-hybridized carbons (Fsp3) is 0.700. The van der Waals surface area contributed by atoms with Gasteiger partial charge in [-0.15, -0.1) is 0 Å². The molecule has 0 radical (unpaired) electrons. The lowest BCUT2D eigenvalue weighted by Gasteiger charge is -2.32. The number of Topliss-reactive ketones (excluding diaryl/α,β-unsaturated/α-hetero) is 1. The van der Waals surface area contributed by atoms with Crippen LogP contribution in [0.2, 0.25) is 0 Å². The zero-order valence-electron chi connectivity index (χ0n) is 8.55. The highest BCUT2D eigenvalue weighted by atomic mass is 16.5. The van der Waals surface area contributed by atoms with Crippen molar-refractivity contribution in [2.24, 2.45) is 5.41 Å². The van der Waals surface area contributed by atoms with E-state index in [1.54, 1.807) is 6.92 Å². The first-order valence-corrected chi connectivity index (χ1v) is 4.38. The van der Waals surface area contributed by atoms with Crippen LogP contribution in [0.3, 0.4) is 0 Å². The molecule has 1 aliphatic rings. The molecule has 0 aromatic heterocycles. The van der Waals surface area contributed by atoms with Crippen LogP contribution >= 0.6 is 0 Å². The Morgan fingerprint density at radius 3 is 2.54 bits per heavy atom. The van der Waals surface area contributed by atoms with E-state index in [4.69, 9.17) is 4.74 Å². The summed E-state index contributed by atoms with van der Waals surface area (Å²) in [6, 6.07) is 0. The lowest BCUT2D eigenvalue weighted by Crippen LogP contribution is -2.37. The summed E-state index contributed by atoms with van der Waals surface area (Å²) in [4.78, 5) is 11.7. The monoisotopic (exact) mass is 184 g/mol. The van der Waals surface area contributed by atoms with E-state index in [2.05, 4.69) is 0 Å². The van der Waals surface area contributed by atoms with Crippen molar-refractivity contribution in [3.8, 4) is 0 Å². The van der Waals surface area contributed by atoms with Crippen LogP contribution in [-0.4, -0.2) is 24.1 Å². The second-order valence-corrected chi connectivity index (χ2v) is 4.13. The molecular formula is C10H16O3. The number of hydrogen-bond acceptors (Lipinski definition) is 3. The standard InChI is InChI=1S/C10H16O3/c1-6-8(13-4)7(11)5-10(2,3)9(6)12/h7,11H,5H2,1-4H3. The minimum Gasteiger partial charge on any atom is -0.498 e. The van der Waals surface area contributed by atoms with Gasteiger partial charge < -0.3 is 9.84 Å². The van der Waals surface area contributed by atoms with Gasteiger partial charge in [-0.05, 0) is 13.3 Å². The summed E-state index contributed by atoms with van der Waals surface area (Å²) in [5.74, 6) is 0.485. The Labute approximate surface area is 78.4 Å². The molecule has 0 aromatic rings. The summed E-state index contributed by atoms with van der Waals surface area (Å²) in [7, 11) is 1.48. The molecule has 3 nitrogen and oxygen atoms in total. The first-order chi connectivity index (χ1) is 5.90. The number of ketones is 1. The fourth-order valence-electron chi connectivity index (χ4n) is 1.83. The second kappa shape index (κ2) is 3.14. The number of aliphatic hydroxyl groups excluding tert-OH is 1. The summed E-state index contributed by atoms with van der Waals surface area (Å²) < 4.78 is 4.99. The van der Waals surface area contributed by atoms with Crippen molar-refractivity contribution >= 4 is 5.78 Å². The van der Waals surface area contributed by atoms with Gasteiger partial charge in [0.2, 0.25) is 0 Å². The number of methoxy groups -OCH3 is 1. The molecule has 13 heavy (non-hydrogen) atoms. The maximum atomic E-state index is 11.7. The molecule has 74 valence electrons. The predicted octanol–water partition coefficient (Wildman–Crippen LogP) is 1.27. The minimum absolute atomic E-state index is 0.0645. The molecule has 0 saturated carbocycles. The smallest absolute Gasteiger partial charge is 0.167 e. The van der Waals surface area contributed by atoms with Crippen molar-refractivity contribution in [1.82, 2.24) is 0 Å². The van der Waals surface area contributed by atoms with Crippen LogP contribution in [0.5, 0.6) is 0 Å². The molecule has 1 unspecified atom stereocenters. The molecule has 0 aromatic carbocycles. The molecule has 0 spiro atoms. The van der Waals surface area contributed by atoms with Gasteiger partial charge in [-0.25, -0.2) is 0 Å². The Morgan fingerprint density at radius 1 is 1.54 bits per heavy atom. The first-order valence-electron chi connectivity index (χ1n) is 4.38. The van der Waals surface area contributed by atoms with E-state index < -0.39 is 11.5 Å². The summed E-state index contributed by atoms with van der Waals surface area (Å²) >= 11 is 0. The highest BCUT2D eigenvalue weighted by Crippen LogP contribution is 2.35. The van der Waals surface area contributed by atoms with Gasteiger partial charge >= 0.3 is 0 Å². The van der Waals surface area contributed by atoms with Crippen LogP contribution < -0.4 is 0 Å². The quantitative estimate of drug-likeness (QED) is 0.667. The van der Waals surface area contributed by atoms with E-state index in [9.17, 15) is 9.90 Å². The fourth-order valence-corrected chi connectivity index (χ4v) is 1.83. The van der Waals surface area contributed by atoms with Crippen molar-refractivity contribution in [3.05, 3.63) is 11.3 Å². The number of carbonyl (C=O) groups is 1. The van der Waals surface area contributed by atoms with E-state index in [-0.39, 0.29) is 5.78 Å². The molecule has 0 amide bonds. The molecule has 3 heteroatoms. The maximum Gasteiger partial charge on any atom is 0.167 e. The Kier molecular flexibility index (Phi) is 2.48. The largest absolute Gasteiger partial charge is 0.498 e. The van der Waals surface area contributed by atoms with Crippen LogP contribution in [0.25, 0.3) is 0 Å². The van der Waals surface area contributed by atoms with Crippen LogP contribution in [0.15, 0.2) is 11.3 Å². The molecule has 1 rings (SSSR count). The molecule has 1 N–H and O–H groups in total. The van der Waals surface area contributed by atoms with Crippen LogP contribution in [0, 0.1) is 5.41 Å². The highest BCUT2D eigenvalue weighted by Gasteiger charge is 2.39. The van der Waals surface area contributed by atoms with Crippen LogP contribution in [0.4, 0.5) is 0 Å². The average molecular weight is 184 g/mol. The maximum absolute atomic E-state index is 11.7. The summed E-state index contributed by atoms with van der Waals surface area (Å²) in [5.41, 5.74) is 0.0807. The number of hydrogen-bond donors (Lipinski definition) is 1.